The average molecular weight is 341 g/mol. The molecule has 0 bridgehead atoms. The Balaban J connectivity index is 2.18. The summed E-state index contributed by atoms with van der Waals surface area (Å²) in [7, 11) is 1.45. The van der Waals surface area contributed by atoms with Gasteiger partial charge < -0.3 is 14.3 Å². The Hall–Kier alpha value is -2.82. The zero-order chi connectivity index (χ0) is 17.9. The molecule has 0 atom stereocenters. The van der Waals surface area contributed by atoms with Crippen LogP contribution in [0.5, 0.6) is 5.75 Å². The van der Waals surface area contributed by atoms with Crippen molar-refractivity contribution in [3.05, 3.63) is 65.7 Å². The summed E-state index contributed by atoms with van der Waals surface area (Å²) < 4.78 is 11.1. The molecular formula is C20H23NO4. The lowest BCUT2D eigenvalue weighted by Gasteiger charge is -2.12. The second-order valence-electron chi connectivity index (χ2n) is 5.40. The first-order chi connectivity index (χ1) is 12.2. The lowest BCUT2D eigenvalue weighted by Crippen LogP contribution is -2.16. The molecule has 0 aliphatic carbocycles. The summed E-state index contributed by atoms with van der Waals surface area (Å²) in [5, 5.41) is 3.98. The van der Waals surface area contributed by atoms with Gasteiger partial charge in [-0.1, -0.05) is 49.7 Å². The summed E-state index contributed by atoms with van der Waals surface area (Å²) in [6.45, 7) is 2.49. The number of rotatable bonds is 8. The number of para-hydroxylation sites is 1. The molecule has 0 saturated carbocycles. The van der Waals surface area contributed by atoms with Crippen molar-refractivity contribution in [3.63, 3.8) is 0 Å². The Kier molecular flexibility index (Phi) is 7.50. The largest absolute Gasteiger partial charge is 0.465 e. The van der Waals surface area contributed by atoms with Crippen LogP contribution < -0.4 is 4.74 Å². The van der Waals surface area contributed by atoms with E-state index in [0.29, 0.717) is 23.8 Å². The molecule has 0 unspecified atom stereocenters. The molecule has 0 saturated heterocycles. The highest BCUT2D eigenvalue weighted by Crippen LogP contribution is 2.17. The van der Waals surface area contributed by atoms with Gasteiger partial charge in [0.25, 0.3) is 5.90 Å². The first kappa shape index (κ1) is 18.5. The van der Waals surface area contributed by atoms with Gasteiger partial charge in [0.1, 0.15) is 12.9 Å². The zero-order valence-corrected chi connectivity index (χ0v) is 14.6. The van der Waals surface area contributed by atoms with Crippen molar-refractivity contribution < 1.29 is 19.1 Å². The third kappa shape index (κ3) is 5.95. The van der Waals surface area contributed by atoms with Gasteiger partial charge in [0.2, 0.25) is 0 Å². The normalized spacial score (nSPS) is 11.0. The Labute approximate surface area is 148 Å². The van der Waals surface area contributed by atoms with Crippen LogP contribution in [-0.4, -0.2) is 25.6 Å². The zero-order valence-electron chi connectivity index (χ0n) is 14.6. The van der Waals surface area contributed by atoms with Gasteiger partial charge in [-0.05, 0) is 35.3 Å². The number of esters is 1. The molecule has 0 aliphatic rings. The number of hydrogen-bond acceptors (Lipinski definition) is 5. The molecule has 0 aromatic heterocycles. The highest BCUT2D eigenvalue weighted by atomic mass is 16.6. The summed E-state index contributed by atoms with van der Waals surface area (Å²) in [5.74, 6) is 0.668. The summed E-state index contributed by atoms with van der Waals surface area (Å²) in [6, 6.07) is 16.7. The minimum absolute atomic E-state index is 0.154. The highest BCUT2D eigenvalue weighted by Gasteiger charge is 2.15. The minimum atomic E-state index is -0.266. The van der Waals surface area contributed by atoms with Gasteiger partial charge in [0.05, 0.1) is 13.0 Å². The minimum Gasteiger partial charge on any atom is -0.465 e. The third-order valence-corrected chi connectivity index (χ3v) is 3.48. The molecule has 0 fully saturated rings. The smallest absolute Gasteiger partial charge is 0.310 e. The monoisotopic (exact) mass is 341 g/mol. The topological polar surface area (TPSA) is 57.1 Å². The van der Waals surface area contributed by atoms with Crippen LogP contribution in [0.4, 0.5) is 0 Å². The van der Waals surface area contributed by atoms with Crippen LogP contribution in [0, 0.1) is 0 Å². The molecule has 0 amide bonds. The molecule has 132 valence electrons. The van der Waals surface area contributed by atoms with Gasteiger partial charge in [0.15, 0.2) is 0 Å². The lowest BCUT2D eigenvalue weighted by atomic mass is 10.0. The molecule has 0 N–H and O–H groups in total. The number of carbonyl (C=O) groups is 1. The Morgan fingerprint density at radius 1 is 1.04 bits per heavy atom. The lowest BCUT2D eigenvalue weighted by molar-refractivity contribution is -0.142. The van der Waals surface area contributed by atoms with E-state index in [-0.39, 0.29) is 12.4 Å². The van der Waals surface area contributed by atoms with Gasteiger partial charge in [-0.3, -0.25) is 4.79 Å². The second-order valence-corrected chi connectivity index (χ2v) is 5.40. The van der Waals surface area contributed by atoms with E-state index in [1.54, 1.807) is 0 Å². The Morgan fingerprint density at radius 2 is 1.76 bits per heavy atom. The molecule has 5 nitrogen and oxygen atoms in total. The van der Waals surface area contributed by atoms with E-state index in [1.807, 2.05) is 54.6 Å². The van der Waals surface area contributed by atoms with E-state index in [9.17, 15) is 4.79 Å². The van der Waals surface area contributed by atoms with Crippen LogP contribution in [0.25, 0.3) is 0 Å². The van der Waals surface area contributed by atoms with Crippen LogP contribution in [0.15, 0.2) is 59.8 Å². The molecule has 2 rings (SSSR count). The number of carbonyl (C=O) groups excluding carboxylic acids is 1. The first-order valence-corrected chi connectivity index (χ1v) is 8.32. The number of nitrogens with zero attached hydrogens (tertiary/aromatic N) is 1. The number of ether oxygens (including phenoxy) is 2. The molecule has 25 heavy (non-hydrogen) atoms. The quantitative estimate of drug-likeness (QED) is 0.240. The third-order valence-electron chi connectivity index (χ3n) is 3.48. The van der Waals surface area contributed by atoms with Crippen LogP contribution in [0.1, 0.15) is 30.9 Å². The van der Waals surface area contributed by atoms with E-state index in [2.05, 4.69) is 12.1 Å². The van der Waals surface area contributed by atoms with E-state index in [0.717, 1.165) is 18.4 Å². The van der Waals surface area contributed by atoms with Crippen molar-refractivity contribution in [2.75, 3.05) is 13.7 Å². The number of oxime groups is 1. The Bertz CT molecular complexity index is 698. The molecule has 0 radical (unpaired) electrons. The van der Waals surface area contributed by atoms with Gasteiger partial charge in [-0.2, -0.15) is 0 Å². The maximum Gasteiger partial charge on any atom is 0.310 e. The van der Waals surface area contributed by atoms with Crippen LogP contribution in [0.3, 0.4) is 0 Å². The maximum absolute atomic E-state index is 12.0. The molecule has 0 heterocycles. The van der Waals surface area contributed by atoms with E-state index in [4.69, 9.17) is 14.3 Å². The molecule has 5 heteroatoms. The number of unbranched alkanes of at least 4 members (excludes halogenated alkanes) is 1. The van der Waals surface area contributed by atoms with Gasteiger partial charge in [-0.15, -0.1) is 0 Å². The van der Waals surface area contributed by atoms with E-state index >= 15 is 0 Å². The second kappa shape index (κ2) is 10.1. The fraction of sp³-hybridized carbons (Fsp3) is 0.300. The van der Waals surface area contributed by atoms with Gasteiger partial charge in [-0.25, -0.2) is 0 Å². The van der Waals surface area contributed by atoms with E-state index in [1.165, 1.54) is 7.11 Å². The van der Waals surface area contributed by atoms with Crippen LogP contribution >= 0.6 is 0 Å². The molecular weight excluding hydrogens is 318 g/mol. The first-order valence-electron chi connectivity index (χ1n) is 8.32. The summed E-state index contributed by atoms with van der Waals surface area (Å²) >= 11 is 0. The van der Waals surface area contributed by atoms with Crippen LogP contribution in [0.2, 0.25) is 0 Å². The van der Waals surface area contributed by atoms with Crippen molar-refractivity contribution in [2.45, 2.75) is 26.2 Å². The van der Waals surface area contributed by atoms with Crippen molar-refractivity contribution >= 4 is 11.9 Å². The van der Waals surface area contributed by atoms with Crippen molar-refractivity contribution in [1.82, 2.24) is 0 Å². The number of benzene rings is 2. The highest BCUT2D eigenvalue weighted by molar-refractivity contribution is 5.97. The summed E-state index contributed by atoms with van der Waals surface area (Å²) in [5.41, 5.74) is 1.47. The van der Waals surface area contributed by atoms with E-state index < -0.39 is 0 Å². The van der Waals surface area contributed by atoms with Crippen molar-refractivity contribution in [3.8, 4) is 5.75 Å². The molecule has 0 spiro atoms. The predicted molar refractivity (Wildman–Crippen MR) is 96.6 cm³/mol. The SMILES string of the molecule is CCCCOC(=O)Cc1ccccc1/C(=N\OC)Oc1ccccc1. The summed E-state index contributed by atoms with van der Waals surface area (Å²) in [4.78, 5) is 17.0. The average Bonchev–Trinajstić information content (AvgIpc) is 2.63. The van der Waals surface area contributed by atoms with Crippen molar-refractivity contribution in [2.24, 2.45) is 5.16 Å². The molecule has 2 aromatic rings. The maximum atomic E-state index is 12.0. The standard InChI is InChI=1S/C20H23NO4/c1-3-4-14-24-19(22)15-16-10-8-9-13-18(16)20(21-23-2)25-17-11-6-5-7-12-17/h5-13H,3-4,14-15H2,1-2H3/b21-20+. The predicted octanol–water partition coefficient (Wildman–Crippen LogP) is 3.96. The number of hydrogen-bond donors (Lipinski definition) is 0. The fourth-order valence-electron chi connectivity index (χ4n) is 2.23. The van der Waals surface area contributed by atoms with Gasteiger partial charge >= 0.3 is 5.97 Å². The van der Waals surface area contributed by atoms with Crippen LogP contribution in [-0.2, 0) is 20.8 Å². The molecule has 2 aromatic carbocycles. The summed E-state index contributed by atoms with van der Waals surface area (Å²) in [6.07, 6.45) is 2.00. The van der Waals surface area contributed by atoms with Gasteiger partial charge in [0, 0.05) is 5.56 Å². The van der Waals surface area contributed by atoms with Crippen molar-refractivity contribution in [1.29, 1.82) is 0 Å². The molecule has 0 aliphatic heterocycles. The Morgan fingerprint density at radius 3 is 2.48 bits per heavy atom. The fourth-order valence-corrected chi connectivity index (χ4v) is 2.23.